The number of alkyl halides is 2. The van der Waals surface area contributed by atoms with Gasteiger partial charge in [-0.15, -0.1) is 0 Å². The summed E-state index contributed by atoms with van der Waals surface area (Å²) in [4.78, 5) is 17.2. The van der Waals surface area contributed by atoms with Crippen molar-refractivity contribution in [1.82, 2.24) is 14.6 Å². The van der Waals surface area contributed by atoms with Gasteiger partial charge >= 0.3 is 0 Å². The maximum absolute atomic E-state index is 13.7. The van der Waals surface area contributed by atoms with Crippen LogP contribution in [0, 0.1) is 0 Å². The van der Waals surface area contributed by atoms with Crippen molar-refractivity contribution >= 4 is 28.8 Å². The highest BCUT2D eigenvalue weighted by Crippen LogP contribution is 2.32. The predicted octanol–water partition coefficient (Wildman–Crippen LogP) is 5.25. The number of carbonyl (C=O) groups is 1. The predicted molar refractivity (Wildman–Crippen MR) is 109 cm³/mol. The molecule has 9 heteroatoms. The molecule has 0 fully saturated rings. The number of halogens is 3. The van der Waals surface area contributed by atoms with Gasteiger partial charge < -0.3 is 10.1 Å². The van der Waals surface area contributed by atoms with Crippen molar-refractivity contribution in [2.75, 3.05) is 12.4 Å². The second-order valence-electron chi connectivity index (χ2n) is 6.32. The van der Waals surface area contributed by atoms with Gasteiger partial charge in [-0.2, -0.15) is 5.10 Å². The van der Waals surface area contributed by atoms with E-state index in [1.165, 1.54) is 19.4 Å². The van der Waals surface area contributed by atoms with Gasteiger partial charge in [-0.1, -0.05) is 23.7 Å². The summed E-state index contributed by atoms with van der Waals surface area (Å²) in [5, 5.41) is 7.17. The van der Waals surface area contributed by atoms with Gasteiger partial charge in [0.05, 0.1) is 19.0 Å². The number of hydrogen-bond donors (Lipinski definition) is 1. The minimum Gasteiger partial charge on any atom is -0.496 e. The highest BCUT2D eigenvalue weighted by Gasteiger charge is 2.22. The first-order chi connectivity index (χ1) is 14.5. The molecule has 2 heterocycles. The molecule has 0 aliphatic heterocycles. The number of ether oxygens (including phenoxy) is 1. The van der Waals surface area contributed by atoms with E-state index in [1.807, 2.05) is 0 Å². The number of methoxy groups -OCH3 is 1. The molecule has 2 aromatic heterocycles. The Kier molecular flexibility index (Phi) is 5.33. The van der Waals surface area contributed by atoms with Gasteiger partial charge in [-0.25, -0.2) is 18.3 Å². The van der Waals surface area contributed by atoms with E-state index in [4.69, 9.17) is 16.3 Å². The molecule has 0 bridgehead atoms. The number of anilines is 1. The summed E-state index contributed by atoms with van der Waals surface area (Å²) < 4.78 is 33.8. The highest BCUT2D eigenvalue weighted by atomic mass is 35.5. The fourth-order valence-electron chi connectivity index (χ4n) is 3.03. The first-order valence-electron chi connectivity index (χ1n) is 8.85. The number of aromatic nitrogens is 3. The second-order valence-corrected chi connectivity index (χ2v) is 6.76. The Morgan fingerprint density at radius 3 is 2.60 bits per heavy atom. The van der Waals surface area contributed by atoms with Crippen molar-refractivity contribution in [2.45, 2.75) is 6.43 Å². The summed E-state index contributed by atoms with van der Waals surface area (Å²) in [6, 6.07) is 14.7. The molecule has 1 N–H and O–H groups in total. The first kappa shape index (κ1) is 19.8. The third-order valence-electron chi connectivity index (χ3n) is 4.45. The zero-order valence-corrected chi connectivity index (χ0v) is 16.4. The Bertz CT molecular complexity index is 1230. The van der Waals surface area contributed by atoms with Crippen molar-refractivity contribution in [3.05, 3.63) is 77.1 Å². The lowest BCUT2D eigenvalue weighted by molar-refractivity contribution is 0.102. The first-order valence-corrected chi connectivity index (χ1v) is 9.23. The van der Waals surface area contributed by atoms with Crippen LogP contribution < -0.4 is 10.1 Å². The molecule has 30 heavy (non-hydrogen) atoms. The standard InChI is InChI=1S/C21H15ClF2N4O2/c1-30-18-5-3-2-4-14(18)16-10-17(19(23)24)28-20(27-16)15(11-25-28)21(29)26-13-8-6-12(22)7-9-13/h2-11,19H,1H3,(H,26,29). The Balaban J connectivity index is 1.83. The number of nitrogens with zero attached hydrogens (tertiary/aromatic N) is 3. The van der Waals surface area contributed by atoms with Crippen LogP contribution in [0.5, 0.6) is 5.75 Å². The Morgan fingerprint density at radius 1 is 1.17 bits per heavy atom. The van der Waals surface area contributed by atoms with Gasteiger partial charge in [0, 0.05) is 16.3 Å². The van der Waals surface area contributed by atoms with Gasteiger partial charge in [0.15, 0.2) is 5.65 Å². The molecule has 0 atom stereocenters. The van der Waals surface area contributed by atoms with Gasteiger partial charge in [0.25, 0.3) is 12.3 Å². The zero-order valence-electron chi connectivity index (χ0n) is 15.6. The van der Waals surface area contributed by atoms with E-state index in [-0.39, 0.29) is 22.6 Å². The van der Waals surface area contributed by atoms with Crippen molar-refractivity contribution in [3.63, 3.8) is 0 Å². The minimum atomic E-state index is -2.82. The summed E-state index contributed by atoms with van der Waals surface area (Å²) >= 11 is 5.86. The van der Waals surface area contributed by atoms with E-state index in [0.717, 1.165) is 4.52 Å². The summed E-state index contributed by atoms with van der Waals surface area (Å²) in [7, 11) is 1.48. The summed E-state index contributed by atoms with van der Waals surface area (Å²) in [6.07, 6.45) is -1.61. The van der Waals surface area contributed by atoms with Crippen LogP contribution in [-0.2, 0) is 0 Å². The van der Waals surface area contributed by atoms with E-state index in [2.05, 4.69) is 15.4 Å². The molecule has 152 valence electrons. The quantitative estimate of drug-likeness (QED) is 0.471. The van der Waals surface area contributed by atoms with Crippen molar-refractivity contribution in [2.24, 2.45) is 0 Å². The molecular formula is C21H15ClF2N4O2. The lowest BCUT2D eigenvalue weighted by Gasteiger charge is -2.11. The summed E-state index contributed by atoms with van der Waals surface area (Å²) in [6.45, 7) is 0. The number of rotatable bonds is 5. The number of para-hydroxylation sites is 1. The number of hydrogen-bond acceptors (Lipinski definition) is 4. The third kappa shape index (κ3) is 3.69. The molecule has 0 aliphatic carbocycles. The van der Waals surface area contributed by atoms with Gasteiger partial charge in [-0.3, -0.25) is 4.79 Å². The molecular weight excluding hydrogens is 414 g/mol. The highest BCUT2D eigenvalue weighted by molar-refractivity contribution is 6.30. The largest absolute Gasteiger partial charge is 0.496 e. The molecule has 0 aliphatic rings. The summed E-state index contributed by atoms with van der Waals surface area (Å²) in [5.74, 6) is -0.0570. The number of amides is 1. The molecule has 0 radical (unpaired) electrons. The molecule has 6 nitrogen and oxygen atoms in total. The van der Waals surface area contributed by atoms with Crippen molar-refractivity contribution in [3.8, 4) is 17.0 Å². The third-order valence-corrected chi connectivity index (χ3v) is 4.70. The number of carbonyl (C=O) groups excluding carboxylic acids is 1. The molecule has 0 saturated carbocycles. The van der Waals surface area contributed by atoms with E-state index < -0.39 is 12.3 Å². The molecule has 2 aromatic carbocycles. The smallest absolute Gasteiger partial charge is 0.280 e. The fourth-order valence-corrected chi connectivity index (χ4v) is 3.15. The topological polar surface area (TPSA) is 68.5 Å². The van der Waals surface area contributed by atoms with E-state index in [1.54, 1.807) is 48.5 Å². The average Bonchev–Trinajstić information content (AvgIpc) is 3.18. The van der Waals surface area contributed by atoms with Crippen LogP contribution in [0.15, 0.2) is 60.8 Å². The Hall–Kier alpha value is -3.52. The van der Waals surface area contributed by atoms with Crippen molar-refractivity contribution in [1.29, 1.82) is 0 Å². The zero-order chi connectivity index (χ0) is 21.3. The van der Waals surface area contributed by atoms with Crippen LogP contribution in [0.3, 0.4) is 0 Å². The number of fused-ring (bicyclic) bond motifs is 1. The second kappa shape index (κ2) is 8.08. The van der Waals surface area contributed by atoms with Gasteiger partial charge in [-0.05, 0) is 42.5 Å². The lowest BCUT2D eigenvalue weighted by atomic mass is 10.1. The minimum absolute atomic E-state index is 0.0140. The Labute approximate surface area is 175 Å². The van der Waals surface area contributed by atoms with Crippen molar-refractivity contribution < 1.29 is 18.3 Å². The molecule has 4 rings (SSSR count). The molecule has 0 spiro atoms. The normalized spacial score (nSPS) is 11.1. The maximum Gasteiger partial charge on any atom is 0.280 e. The van der Waals surface area contributed by atoms with E-state index in [0.29, 0.717) is 22.0 Å². The van der Waals surface area contributed by atoms with Gasteiger partial charge in [0.1, 0.15) is 17.0 Å². The van der Waals surface area contributed by atoms with Crippen LogP contribution in [0.2, 0.25) is 5.02 Å². The number of nitrogens with one attached hydrogen (secondary N) is 1. The fraction of sp³-hybridized carbons (Fsp3) is 0.0952. The maximum atomic E-state index is 13.7. The van der Waals surface area contributed by atoms with Crippen LogP contribution in [0.4, 0.5) is 14.5 Å². The molecule has 1 amide bonds. The summed E-state index contributed by atoms with van der Waals surface area (Å²) in [5.41, 5.74) is 0.958. The monoisotopic (exact) mass is 428 g/mol. The Morgan fingerprint density at radius 2 is 1.90 bits per heavy atom. The van der Waals surface area contributed by atoms with Crippen LogP contribution in [-0.4, -0.2) is 27.6 Å². The van der Waals surface area contributed by atoms with Gasteiger partial charge in [0.2, 0.25) is 0 Å². The average molecular weight is 429 g/mol. The molecule has 4 aromatic rings. The lowest BCUT2D eigenvalue weighted by Crippen LogP contribution is -2.12. The SMILES string of the molecule is COc1ccccc1-c1cc(C(F)F)n2ncc(C(=O)Nc3ccc(Cl)cc3)c2n1. The van der Waals surface area contributed by atoms with Crippen LogP contribution in [0.25, 0.3) is 16.9 Å². The molecule has 0 saturated heterocycles. The van der Waals surface area contributed by atoms with Crippen LogP contribution in [0.1, 0.15) is 22.5 Å². The molecule has 0 unspecified atom stereocenters. The number of benzene rings is 2. The van der Waals surface area contributed by atoms with E-state index in [9.17, 15) is 13.6 Å². The van der Waals surface area contributed by atoms with Crippen LogP contribution >= 0.6 is 11.6 Å². The van der Waals surface area contributed by atoms with E-state index >= 15 is 0 Å².